The number of aryl methyl sites for hydroxylation is 1. The van der Waals surface area contributed by atoms with Crippen LogP contribution in [0.3, 0.4) is 0 Å². The number of morpholine rings is 1. The molecule has 0 saturated carbocycles. The summed E-state index contributed by atoms with van der Waals surface area (Å²) in [5, 5.41) is 9.97. The fourth-order valence-electron chi connectivity index (χ4n) is 3.27. The number of ether oxygens (including phenoxy) is 2. The average molecular weight is 272 g/mol. The summed E-state index contributed by atoms with van der Waals surface area (Å²) in [5.41, 5.74) is 1.57. The summed E-state index contributed by atoms with van der Waals surface area (Å²) in [6, 6.07) is 8.72. The fraction of sp³-hybridized carbons (Fsp3) is 0.562. The minimum Gasteiger partial charge on any atom is -0.493 e. The first-order valence-corrected chi connectivity index (χ1v) is 7.25. The average Bonchev–Trinajstić information content (AvgIpc) is 2.69. The van der Waals surface area contributed by atoms with Crippen molar-refractivity contribution in [3.8, 4) is 11.8 Å². The second kappa shape index (κ2) is 5.43. The first kappa shape index (κ1) is 13.4. The molecule has 0 amide bonds. The molecule has 0 radical (unpaired) electrons. The predicted octanol–water partition coefficient (Wildman–Crippen LogP) is 2.22. The van der Waals surface area contributed by atoms with Crippen LogP contribution in [0.4, 0.5) is 0 Å². The molecule has 1 aromatic rings. The van der Waals surface area contributed by atoms with Gasteiger partial charge < -0.3 is 9.47 Å². The molecule has 0 aliphatic carbocycles. The molecule has 1 saturated heterocycles. The van der Waals surface area contributed by atoms with E-state index in [1.165, 1.54) is 0 Å². The Hall–Kier alpha value is -1.57. The molecule has 2 aliphatic rings. The van der Waals surface area contributed by atoms with E-state index in [0.717, 1.165) is 42.8 Å². The number of nitriles is 1. The zero-order valence-corrected chi connectivity index (χ0v) is 11.9. The maximum absolute atomic E-state index is 9.97. The third kappa shape index (κ3) is 2.07. The van der Waals surface area contributed by atoms with Crippen molar-refractivity contribution >= 4 is 0 Å². The van der Waals surface area contributed by atoms with Crippen LogP contribution in [0.2, 0.25) is 0 Å². The molecular formula is C16H20N2O2. The van der Waals surface area contributed by atoms with Crippen LogP contribution in [0.1, 0.15) is 24.0 Å². The van der Waals surface area contributed by atoms with E-state index in [9.17, 15) is 5.26 Å². The third-order valence-electron chi connectivity index (χ3n) is 4.32. The molecule has 0 spiro atoms. The van der Waals surface area contributed by atoms with E-state index >= 15 is 0 Å². The number of fused-ring (bicyclic) bond motifs is 1. The van der Waals surface area contributed by atoms with E-state index in [-0.39, 0.29) is 0 Å². The molecule has 3 rings (SSSR count). The Morgan fingerprint density at radius 3 is 2.80 bits per heavy atom. The summed E-state index contributed by atoms with van der Waals surface area (Å²) in [6.45, 7) is 5.75. The van der Waals surface area contributed by atoms with Gasteiger partial charge in [0.1, 0.15) is 11.3 Å². The molecule has 20 heavy (non-hydrogen) atoms. The maximum atomic E-state index is 9.97. The smallest absolute Gasteiger partial charge is 0.138 e. The van der Waals surface area contributed by atoms with Crippen molar-refractivity contribution in [1.29, 1.82) is 5.26 Å². The van der Waals surface area contributed by atoms with E-state index in [4.69, 9.17) is 9.47 Å². The zero-order chi connectivity index (χ0) is 14.0. The molecule has 4 heteroatoms. The van der Waals surface area contributed by atoms with Crippen molar-refractivity contribution in [2.75, 3.05) is 32.9 Å². The summed E-state index contributed by atoms with van der Waals surface area (Å²) in [4.78, 5) is 2.27. The van der Waals surface area contributed by atoms with Crippen LogP contribution >= 0.6 is 0 Å². The van der Waals surface area contributed by atoms with Gasteiger partial charge >= 0.3 is 0 Å². The van der Waals surface area contributed by atoms with Crippen molar-refractivity contribution in [3.05, 3.63) is 29.3 Å². The van der Waals surface area contributed by atoms with Crippen LogP contribution in [-0.2, 0) is 10.3 Å². The first-order chi connectivity index (χ1) is 9.78. The van der Waals surface area contributed by atoms with Gasteiger partial charge in [-0.05, 0) is 25.3 Å². The van der Waals surface area contributed by atoms with Gasteiger partial charge in [0.05, 0.1) is 25.9 Å². The third-order valence-corrected chi connectivity index (χ3v) is 4.32. The Bertz CT molecular complexity index is 532. The van der Waals surface area contributed by atoms with E-state index in [1.54, 1.807) is 0 Å². The Kier molecular flexibility index (Phi) is 3.64. The number of para-hydroxylation sites is 1. The lowest BCUT2D eigenvalue weighted by Crippen LogP contribution is -2.50. The first-order valence-electron chi connectivity index (χ1n) is 7.25. The summed E-state index contributed by atoms with van der Waals surface area (Å²) in [7, 11) is 0. The van der Waals surface area contributed by atoms with Gasteiger partial charge in [-0.2, -0.15) is 5.26 Å². The lowest BCUT2D eigenvalue weighted by Gasteiger charge is -2.41. The molecule has 4 nitrogen and oxygen atoms in total. The van der Waals surface area contributed by atoms with E-state index in [2.05, 4.69) is 11.0 Å². The Labute approximate surface area is 119 Å². The van der Waals surface area contributed by atoms with Gasteiger partial charge in [-0.25, -0.2) is 0 Å². The van der Waals surface area contributed by atoms with Gasteiger partial charge in [-0.3, -0.25) is 4.90 Å². The largest absolute Gasteiger partial charge is 0.493 e. The maximum Gasteiger partial charge on any atom is 0.138 e. The summed E-state index contributed by atoms with van der Waals surface area (Å²) < 4.78 is 11.4. The molecule has 1 aromatic carbocycles. The zero-order valence-electron chi connectivity index (χ0n) is 11.9. The number of nitrogens with zero attached hydrogens (tertiary/aromatic N) is 2. The van der Waals surface area contributed by atoms with Crippen molar-refractivity contribution in [1.82, 2.24) is 4.90 Å². The highest BCUT2D eigenvalue weighted by atomic mass is 16.5. The Balaban J connectivity index is 2.11. The van der Waals surface area contributed by atoms with Crippen LogP contribution in [0.5, 0.6) is 5.75 Å². The minimum absolute atomic E-state index is 0.568. The van der Waals surface area contributed by atoms with Gasteiger partial charge in [0.2, 0.25) is 0 Å². The van der Waals surface area contributed by atoms with Crippen molar-refractivity contribution in [3.63, 3.8) is 0 Å². The molecule has 1 atom stereocenters. The summed E-state index contributed by atoms with van der Waals surface area (Å²) in [5.74, 6) is 0.901. The second-order valence-corrected chi connectivity index (χ2v) is 5.48. The van der Waals surface area contributed by atoms with E-state index < -0.39 is 5.54 Å². The molecule has 0 N–H and O–H groups in total. The SMILES string of the molecule is Cc1cccc2c1OCCCC2(C#N)N1CCOCC1. The molecular weight excluding hydrogens is 252 g/mol. The second-order valence-electron chi connectivity index (χ2n) is 5.48. The van der Waals surface area contributed by atoms with Gasteiger partial charge in [0, 0.05) is 18.7 Å². The lowest BCUT2D eigenvalue weighted by molar-refractivity contribution is -0.00763. The van der Waals surface area contributed by atoms with Crippen LogP contribution in [0, 0.1) is 18.3 Å². The standard InChI is InChI=1S/C16H20N2O2/c1-13-4-2-5-14-15(13)20-9-3-6-16(14,12-17)18-7-10-19-11-8-18/h2,4-5H,3,6-11H2,1H3. The molecule has 106 valence electrons. The molecule has 1 fully saturated rings. The molecule has 2 aliphatic heterocycles. The van der Waals surface area contributed by atoms with Gasteiger partial charge in [0.25, 0.3) is 0 Å². The molecule has 0 bridgehead atoms. The van der Waals surface area contributed by atoms with Crippen LogP contribution < -0.4 is 4.74 Å². The quantitative estimate of drug-likeness (QED) is 0.786. The highest BCUT2D eigenvalue weighted by Gasteiger charge is 2.42. The predicted molar refractivity (Wildman–Crippen MR) is 75.6 cm³/mol. The van der Waals surface area contributed by atoms with Crippen molar-refractivity contribution in [2.24, 2.45) is 0 Å². The Morgan fingerprint density at radius 2 is 2.05 bits per heavy atom. The van der Waals surface area contributed by atoms with Crippen LogP contribution in [0.25, 0.3) is 0 Å². The number of rotatable bonds is 1. The van der Waals surface area contributed by atoms with Crippen LogP contribution in [0.15, 0.2) is 18.2 Å². The van der Waals surface area contributed by atoms with Gasteiger partial charge in [-0.1, -0.05) is 18.2 Å². The number of hydrogen-bond acceptors (Lipinski definition) is 4. The van der Waals surface area contributed by atoms with Crippen molar-refractivity contribution in [2.45, 2.75) is 25.3 Å². The van der Waals surface area contributed by atoms with E-state index in [1.807, 2.05) is 25.1 Å². The number of benzene rings is 1. The van der Waals surface area contributed by atoms with Crippen molar-refractivity contribution < 1.29 is 9.47 Å². The fourth-order valence-corrected chi connectivity index (χ4v) is 3.27. The van der Waals surface area contributed by atoms with Gasteiger partial charge in [-0.15, -0.1) is 0 Å². The lowest BCUT2D eigenvalue weighted by atomic mass is 9.84. The Morgan fingerprint density at radius 1 is 1.25 bits per heavy atom. The minimum atomic E-state index is -0.568. The highest BCUT2D eigenvalue weighted by molar-refractivity contribution is 5.48. The summed E-state index contributed by atoms with van der Waals surface area (Å²) >= 11 is 0. The summed E-state index contributed by atoms with van der Waals surface area (Å²) in [6.07, 6.45) is 1.72. The number of hydrogen-bond donors (Lipinski definition) is 0. The molecule has 1 unspecified atom stereocenters. The monoisotopic (exact) mass is 272 g/mol. The van der Waals surface area contributed by atoms with E-state index in [0.29, 0.717) is 19.8 Å². The molecule has 2 heterocycles. The highest BCUT2D eigenvalue weighted by Crippen LogP contribution is 2.42. The topological polar surface area (TPSA) is 45.5 Å². The molecule has 0 aromatic heterocycles. The van der Waals surface area contributed by atoms with Crippen LogP contribution in [-0.4, -0.2) is 37.8 Å². The van der Waals surface area contributed by atoms with Gasteiger partial charge in [0.15, 0.2) is 0 Å². The normalized spacial score (nSPS) is 27.0.